The van der Waals surface area contributed by atoms with Crippen molar-refractivity contribution in [3.05, 3.63) is 51.3 Å². The highest BCUT2D eigenvalue weighted by atomic mass is 127. The smallest absolute Gasteiger partial charge is 0.274 e. The summed E-state index contributed by atoms with van der Waals surface area (Å²) >= 11 is 9.99. The van der Waals surface area contributed by atoms with E-state index in [9.17, 15) is 4.79 Å². The molecule has 0 saturated carbocycles. The van der Waals surface area contributed by atoms with Crippen molar-refractivity contribution in [3.8, 4) is 0 Å². The van der Waals surface area contributed by atoms with E-state index in [1.807, 2.05) is 12.1 Å². The highest BCUT2D eigenvalue weighted by Gasteiger charge is 2.12. The van der Waals surface area contributed by atoms with Crippen LogP contribution < -0.4 is 5.32 Å². The van der Waals surface area contributed by atoms with E-state index in [2.05, 4.69) is 94.0 Å². The van der Waals surface area contributed by atoms with Gasteiger partial charge in [-0.1, -0.05) is 0 Å². The lowest BCUT2D eigenvalue weighted by Crippen LogP contribution is -2.15. The first-order valence-electron chi connectivity index (χ1n) is 5.05. The number of amides is 1. The van der Waals surface area contributed by atoms with E-state index in [0.29, 0.717) is 5.69 Å². The summed E-state index contributed by atoms with van der Waals surface area (Å²) in [5, 5.41) is 2.91. The molecule has 0 saturated heterocycles. The van der Waals surface area contributed by atoms with Crippen LogP contribution in [-0.4, -0.2) is 10.9 Å². The van der Waals surface area contributed by atoms with Crippen LogP contribution in [0.1, 0.15) is 10.5 Å². The molecule has 0 aliphatic rings. The summed E-state index contributed by atoms with van der Waals surface area (Å²) in [4.78, 5) is 16.2. The molecule has 2 aromatic rings. The minimum absolute atomic E-state index is 0.204. The van der Waals surface area contributed by atoms with Crippen LogP contribution in [0.15, 0.2) is 34.9 Å². The standard InChI is InChI=1S/C12H6BrI3N2O/c13-6-1-2-10(17-5-6)12(19)18-11-8(15)3-7(14)4-9(11)16/h1-5H,(H,18,19). The molecule has 0 radical (unpaired) electrons. The largest absolute Gasteiger partial charge is 0.319 e. The monoisotopic (exact) mass is 654 g/mol. The van der Waals surface area contributed by atoms with E-state index in [0.717, 1.165) is 20.9 Å². The van der Waals surface area contributed by atoms with Crippen molar-refractivity contribution in [1.82, 2.24) is 4.98 Å². The second kappa shape index (κ2) is 6.98. The van der Waals surface area contributed by atoms with E-state index < -0.39 is 0 Å². The number of hydrogen-bond donors (Lipinski definition) is 1. The van der Waals surface area contributed by atoms with Gasteiger partial charge in [-0.15, -0.1) is 0 Å². The fraction of sp³-hybridized carbons (Fsp3) is 0. The number of nitrogens with zero attached hydrogens (tertiary/aromatic N) is 1. The predicted octanol–water partition coefficient (Wildman–Crippen LogP) is 4.91. The number of pyridine rings is 1. The molecule has 1 N–H and O–H groups in total. The number of halogens is 4. The van der Waals surface area contributed by atoms with Crippen molar-refractivity contribution in [2.24, 2.45) is 0 Å². The topological polar surface area (TPSA) is 42.0 Å². The summed E-state index contributed by atoms with van der Waals surface area (Å²) < 4.78 is 4.02. The van der Waals surface area contributed by atoms with Gasteiger partial charge in [0, 0.05) is 21.4 Å². The zero-order valence-corrected chi connectivity index (χ0v) is 17.3. The maximum Gasteiger partial charge on any atom is 0.274 e. The molecule has 0 spiro atoms. The molecule has 0 aliphatic heterocycles. The van der Waals surface area contributed by atoms with Crippen LogP contribution in [-0.2, 0) is 0 Å². The minimum atomic E-state index is -0.204. The normalized spacial score (nSPS) is 10.3. The second-order valence-electron chi connectivity index (χ2n) is 3.56. The third kappa shape index (κ3) is 4.24. The third-order valence-electron chi connectivity index (χ3n) is 2.21. The van der Waals surface area contributed by atoms with E-state index in [1.54, 1.807) is 18.3 Å². The predicted molar refractivity (Wildman–Crippen MR) is 104 cm³/mol. The Balaban J connectivity index is 2.26. The molecule has 0 unspecified atom stereocenters. The van der Waals surface area contributed by atoms with Gasteiger partial charge in [-0.05, 0) is 108 Å². The Bertz CT molecular complexity index is 608. The number of carbonyl (C=O) groups excluding carboxylic acids is 1. The van der Waals surface area contributed by atoms with Gasteiger partial charge in [-0.2, -0.15) is 0 Å². The molecule has 1 amide bonds. The number of carbonyl (C=O) groups is 1. The van der Waals surface area contributed by atoms with Gasteiger partial charge in [0.2, 0.25) is 0 Å². The molecule has 1 aromatic heterocycles. The SMILES string of the molecule is O=C(Nc1c(I)cc(I)cc1I)c1ccc(Br)cn1. The Labute approximate surface area is 159 Å². The fourth-order valence-corrected chi connectivity index (χ4v) is 5.44. The van der Waals surface area contributed by atoms with Crippen LogP contribution in [0.2, 0.25) is 0 Å². The second-order valence-corrected chi connectivity index (χ2v) is 8.05. The fourth-order valence-electron chi connectivity index (χ4n) is 1.35. The minimum Gasteiger partial charge on any atom is -0.319 e. The zero-order chi connectivity index (χ0) is 14.0. The van der Waals surface area contributed by atoms with Crippen molar-refractivity contribution in [1.29, 1.82) is 0 Å². The van der Waals surface area contributed by atoms with Crippen molar-refractivity contribution in [3.63, 3.8) is 0 Å². The molecule has 1 aromatic carbocycles. The summed E-state index contributed by atoms with van der Waals surface area (Å²) in [6.07, 6.45) is 1.61. The Morgan fingerprint density at radius 1 is 1.16 bits per heavy atom. The van der Waals surface area contributed by atoms with E-state index in [-0.39, 0.29) is 5.91 Å². The summed E-state index contributed by atoms with van der Waals surface area (Å²) in [5.41, 5.74) is 1.23. The highest BCUT2D eigenvalue weighted by molar-refractivity contribution is 14.1. The zero-order valence-electron chi connectivity index (χ0n) is 9.25. The molecule has 98 valence electrons. The molecule has 0 aliphatic carbocycles. The molecule has 7 heteroatoms. The van der Waals surface area contributed by atoms with Crippen LogP contribution >= 0.6 is 83.7 Å². The van der Waals surface area contributed by atoms with Gasteiger partial charge in [0.1, 0.15) is 5.69 Å². The average molecular weight is 655 g/mol. The maximum absolute atomic E-state index is 12.1. The van der Waals surface area contributed by atoms with Crippen molar-refractivity contribution < 1.29 is 4.79 Å². The van der Waals surface area contributed by atoms with Crippen LogP contribution in [0.3, 0.4) is 0 Å². The van der Waals surface area contributed by atoms with Gasteiger partial charge < -0.3 is 5.32 Å². The van der Waals surface area contributed by atoms with E-state index in [1.165, 1.54) is 0 Å². The molecule has 0 fully saturated rings. The molecule has 0 atom stereocenters. The molecule has 1 heterocycles. The van der Waals surface area contributed by atoms with Crippen LogP contribution in [0, 0.1) is 10.7 Å². The summed E-state index contributed by atoms with van der Waals surface area (Å²) in [7, 11) is 0. The Morgan fingerprint density at radius 3 is 2.32 bits per heavy atom. The Hall–Kier alpha value is 0.510. The Kier molecular flexibility index (Phi) is 5.84. The van der Waals surface area contributed by atoms with Crippen LogP contribution in [0.4, 0.5) is 5.69 Å². The molecular formula is C12H6BrI3N2O. The lowest BCUT2D eigenvalue weighted by molar-refractivity contribution is 0.102. The summed E-state index contributed by atoms with van der Waals surface area (Å²) in [6.45, 7) is 0. The van der Waals surface area contributed by atoms with Gasteiger partial charge >= 0.3 is 0 Å². The number of hydrogen-bond acceptors (Lipinski definition) is 2. The average Bonchev–Trinajstić information content (AvgIpc) is 2.34. The summed E-state index contributed by atoms with van der Waals surface area (Å²) in [5.74, 6) is -0.204. The van der Waals surface area contributed by atoms with Crippen LogP contribution in [0.25, 0.3) is 0 Å². The Morgan fingerprint density at radius 2 is 1.79 bits per heavy atom. The van der Waals surface area contributed by atoms with Crippen LogP contribution in [0.5, 0.6) is 0 Å². The first-order valence-corrected chi connectivity index (χ1v) is 9.08. The molecule has 2 rings (SSSR count). The third-order valence-corrected chi connectivity index (χ3v) is 5.00. The number of benzene rings is 1. The van der Waals surface area contributed by atoms with Crippen molar-refractivity contribution >= 4 is 95.3 Å². The molecule has 19 heavy (non-hydrogen) atoms. The van der Waals surface area contributed by atoms with Gasteiger partial charge in [-0.3, -0.25) is 4.79 Å². The first kappa shape index (κ1) is 15.9. The van der Waals surface area contributed by atoms with Crippen molar-refractivity contribution in [2.75, 3.05) is 5.32 Å². The van der Waals surface area contributed by atoms with Gasteiger partial charge in [0.15, 0.2) is 0 Å². The molecule has 3 nitrogen and oxygen atoms in total. The number of rotatable bonds is 2. The molecule has 0 bridgehead atoms. The maximum atomic E-state index is 12.1. The number of nitrogens with one attached hydrogen (secondary N) is 1. The number of aromatic nitrogens is 1. The first-order chi connectivity index (χ1) is 8.97. The lowest BCUT2D eigenvalue weighted by atomic mass is 10.3. The van der Waals surface area contributed by atoms with E-state index in [4.69, 9.17) is 0 Å². The van der Waals surface area contributed by atoms with Gasteiger partial charge in [-0.25, -0.2) is 4.98 Å². The number of anilines is 1. The summed E-state index contributed by atoms with van der Waals surface area (Å²) in [6, 6.07) is 7.53. The van der Waals surface area contributed by atoms with E-state index >= 15 is 0 Å². The highest BCUT2D eigenvalue weighted by Crippen LogP contribution is 2.27. The van der Waals surface area contributed by atoms with Gasteiger partial charge in [0.05, 0.1) is 5.69 Å². The molecular weight excluding hydrogens is 649 g/mol. The quantitative estimate of drug-likeness (QED) is 0.468. The lowest BCUT2D eigenvalue weighted by Gasteiger charge is -2.10. The van der Waals surface area contributed by atoms with Crippen molar-refractivity contribution in [2.45, 2.75) is 0 Å². The van der Waals surface area contributed by atoms with Gasteiger partial charge in [0.25, 0.3) is 5.91 Å².